The summed E-state index contributed by atoms with van der Waals surface area (Å²) in [6.45, 7) is 3.93. The smallest absolute Gasteiger partial charge is 0.222 e. The van der Waals surface area contributed by atoms with E-state index in [2.05, 4.69) is 20.0 Å². The van der Waals surface area contributed by atoms with Crippen molar-refractivity contribution in [3.63, 3.8) is 0 Å². The number of aryl methyl sites for hydroxylation is 1. The Morgan fingerprint density at radius 2 is 2.11 bits per heavy atom. The second kappa shape index (κ2) is 5.28. The first-order chi connectivity index (χ1) is 9.22. The molecule has 0 radical (unpaired) electrons. The lowest BCUT2D eigenvalue weighted by atomic mass is 10.0. The first-order valence-corrected chi connectivity index (χ1v) is 7.09. The lowest BCUT2D eigenvalue weighted by molar-refractivity contribution is -0.130. The van der Waals surface area contributed by atoms with Gasteiger partial charge in [-0.1, -0.05) is 0 Å². The van der Waals surface area contributed by atoms with E-state index in [0.29, 0.717) is 11.9 Å². The second-order valence-corrected chi connectivity index (χ2v) is 5.52. The minimum Gasteiger partial charge on any atom is -0.340 e. The molecule has 3 rings (SSSR count). The quantitative estimate of drug-likeness (QED) is 0.792. The number of amides is 1. The summed E-state index contributed by atoms with van der Waals surface area (Å²) in [7, 11) is 1.84. The highest BCUT2D eigenvalue weighted by molar-refractivity contribution is 5.78. The first kappa shape index (κ1) is 12.6. The van der Waals surface area contributed by atoms with Crippen LogP contribution in [0.15, 0.2) is 6.20 Å². The molecule has 2 aliphatic rings. The Morgan fingerprint density at radius 1 is 1.32 bits per heavy atom. The minimum atomic E-state index is 0.354. The molecule has 19 heavy (non-hydrogen) atoms. The maximum atomic E-state index is 11.7. The van der Waals surface area contributed by atoms with E-state index >= 15 is 0 Å². The summed E-state index contributed by atoms with van der Waals surface area (Å²) >= 11 is 0. The summed E-state index contributed by atoms with van der Waals surface area (Å²) in [4.78, 5) is 17.8. The normalized spacial score (nSPS) is 22.4. The Labute approximate surface area is 113 Å². The molecule has 2 saturated heterocycles. The highest BCUT2D eigenvalue weighted by Gasteiger charge is 2.30. The van der Waals surface area contributed by atoms with Crippen LogP contribution in [-0.2, 0) is 18.4 Å². The molecule has 0 saturated carbocycles. The Morgan fingerprint density at radius 3 is 2.68 bits per heavy atom. The van der Waals surface area contributed by atoms with Gasteiger partial charge in [-0.05, 0) is 19.3 Å². The molecular weight excluding hydrogens is 242 g/mol. The molecule has 2 fully saturated rings. The standard InChI is InChI=1S/C13H21N5O/c1-16-14-9-11(15-16)10-17-7-4-12(5-8-17)18-6-2-3-13(18)19/h9,12H,2-8,10H2,1H3. The molecule has 2 aliphatic heterocycles. The van der Waals surface area contributed by atoms with Crippen LogP contribution in [0.4, 0.5) is 0 Å². The summed E-state index contributed by atoms with van der Waals surface area (Å²) < 4.78 is 0. The molecule has 0 bridgehead atoms. The van der Waals surface area contributed by atoms with E-state index in [1.54, 1.807) is 4.80 Å². The zero-order valence-corrected chi connectivity index (χ0v) is 11.5. The number of nitrogens with zero attached hydrogens (tertiary/aromatic N) is 5. The monoisotopic (exact) mass is 263 g/mol. The third kappa shape index (κ3) is 2.78. The molecule has 0 aliphatic carbocycles. The maximum Gasteiger partial charge on any atom is 0.222 e. The summed E-state index contributed by atoms with van der Waals surface area (Å²) in [6.07, 6.45) is 5.80. The topological polar surface area (TPSA) is 54.3 Å². The third-order valence-corrected chi connectivity index (χ3v) is 4.14. The van der Waals surface area contributed by atoms with Crippen molar-refractivity contribution in [3.8, 4) is 0 Å². The number of likely N-dealkylation sites (tertiary alicyclic amines) is 2. The van der Waals surface area contributed by atoms with Crippen LogP contribution >= 0.6 is 0 Å². The fourth-order valence-electron chi connectivity index (χ4n) is 3.13. The van der Waals surface area contributed by atoms with Crippen molar-refractivity contribution in [2.24, 2.45) is 7.05 Å². The van der Waals surface area contributed by atoms with Crippen LogP contribution in [0.25, 0.3) is 0 Å². The number of hydrogen-bond acceptors (Lipinski definition) is 4. The number of carbonyl (C=O) groups excluding carboxylic acids is 1. The van der Waals surface area contributed by atoms with E-state index < -0.39 is 0 Å². The summed E-state index contributed by atoms with van der Waals surface area (Å²) in [5.74, 6) is 0.354. The van der Waals surface area contributed by atoms with Gasteiger partial charge < -0.3 is 4.90 Å². The van der Waals surface area contributed by atoms with Crippen molar-refractivity contribution in [2.45, 2.75) is 38.3 Å². The maximum absolute atomic E-state index is 11.7. The Kier molecular flexibility index (Phi) is 3.50. The number of carbonyl (C=O) groups is 1. The van der Waals surface area contributed by atoms with E-state index in [-0.39, 0.29) is 0 Å². The van der Waals surface area contributed by atoms with Gasteiger partial charge in [-0.3, -0.25) is 9.69 Å². The number of hydrogen-bond donors (Lipinski definition) is 0. The number of piperidine rings is 1. The van der Waals surface area contributed by atoms with Crippen molar-refractivity contribution in [1.29, 1.82) is 0 Å². The molecular formula is C13H21N5O. The Bertz CT molecular complexity index is 450. The van der Waals surface area contributed by atoms with Gasteiger partial charge in [0.15, 0.2) is 0 Å². The van der Waals surface area contributed by atoms with Crippen molar-refractivity contribution in [1.82, 2.24) is 24.8 Å². The van der Waals surface area contributed by atoms with Crippen molar-refractivity contribution >= 4 is 5.91 Å². The van der Waals surface area contributed by atoms with Gasteiger partial charge in [0.05, 0.1) is 11.9 Å². The van der Waals surface area contributed by atoms with E-state index in [1.165, 1.54) is 0 Å². The third-order valence-electron chi connectivity index (χ3n) is 4.14. The lowest BCUT2D eigenvalue weighted by Crippen LogP contribution is -2.45. The first-order valence-electron chi connectivity index (χ1n) is 7.09. The van der Waals surface area contributed by atoms with E-state index in [1.807, 2.05) is 13.2 Å². The zero-order valence-electron chi connectivity index (χ0n) is 11.5. The molecule has 0 N–H and O–H groups in total. The van der Waals surface area contributed by atoms with Crippen molar-refractivity contribution < 1.29 is 4.79 Å². The van der Waals surface area contributed by atoms with Gasteiger partial charge in [-0.2, -0.15) is 15.0 Å². The highest BCUT2D eigenvalue weighted by atomic mass is 16.2. The fraction of sp³-hybridized carbons (Fsp3) is 0.769. The molecule has 0 aromatic carbocycles. The summed E-state index contributed by atoms with van der Waals surface area (Å²) in [5, 5.41) is 8.41. The van der Waals surface area contributed by atoms with E-state index in [4.69, 9.17) is 0 Å². The average molecular weight is 263 g/mol. The molecule has 1 amide bonds. The predicted octanol–water partition coefficient (Wildman–Crippen LogP) is 0.402. The number of aromatic nitrogens is 3. The molecule has 0 atom stereocenters. The van der Waals surface area contributed by atoms with Crippen molar-refractivity contribution in [3.05, 3.63) is 11.9 Å². The molecule has 1 aromatic rings. The molecule has 1 aromatic heterocycles. The molecule has 6 nitrogen and oxygen atoms in total. The Hall–Kier alpha value is -1.43. The van der Waals surface area contributed by atoms with Crippen LogP contribution in [0, 0.1) is 0 Å². The van der Waals surface area contributed by atoms with Crippen LogP contribution in [0.2, 0.25) is 0 Å². The summed E-state index contributed by atoms with van der Waals surface area (Å²) in [5.41, 5.74) is 1.03. The van der Waals surface area contributed by atoms with Gasteiger partial charge in [-0.25, -0.2) is 0 Å². The Balaban J connectivity index is 1.50. The SMILES string of the molecule is Cn1ncc(CN2CCC(N3CCCC3=O)CC2)n1. The average Bonchev–Trinajstić information content (AvgIpc) is 3.00. The van der Waals surface area contributed by atoms with E-state index in [0.717, 1.165) is 57.6 Å². The van der Waals surface area contributed by atoms with Gasteiger partial charge in [-0.15, -0.1) is 0 Å². The molecule has 104 valence electrons. The lowest BCUT2D eigenvalue weighted by Gasteiger charge is -2.36. The molecule has 6 heteroatoms. The van der Waals surface area contributed by atoms with Crippen LogP contribution in [-0.4, -0.2) is 56.4 Å². The molecule has 0 spiro atoms. The second-order valence-electron chi connectivity index (χ2n) is 5.52. The zero-order chi connectivity index (χ0) is 13.2. The van der Waals surface area contributed by atoms with Gasteiger partial charge >= 0.3 is 0 Å². The highest BCUT2D eigenvalue weighted by Crippen LogP contribution is 2.22. The van der Waals surface area contributed by atoms with E-state index in [9.17, 15) is 4.79 Å². The predicted molar refractivity (Wildman–Crippen MR) is 70.2 cm³/mol. The van der Waals surface area contributed by atoms with Gasteiger partial charge in [0.1, 0.15) is 0 Å². The molecule has 3 heterocycles. The van der Waals surface area contributed by atoms with Crippen LogP contribution < -0.4 is 0 Å². The molecule has 0 unspecified atom stereocenters. The van der Waals surface area contributed by atoms with Gasteiger partial charge in [0.25, 0.3) is 0 Å². The van der Waals surface area contributed by atoms with Crippen molar-refractivity contribution in [2.75, 3.05) is 19.6 Å². The van der Waals surface area contributed by atoms with Gasteiger partial charge in [0, 0.05) is 45.7 Å². The summed E-state index contributed by atoms with van der Waals surface area (Å²) in [6, 6.07) is 0.466. The number of rotatable bonds is 3. The van der Waals surface area contributed by atoms with Crippen LogP contribution in [0.1, 0.15) is 31.4 Å². The fourth-order valence-corrected chi connectivity index (χ4v) is 3.13. The van der Waals surface area contributed by atoms with Crippen LogP contribution in [0.3, 0.4) is 0 Å². The van der Waals surface area contributed by atoms with Crippen LogP contribution in [0.5, 0.6) is 0 Å². The largest absolute Gasteiger partial charge is 0.340 e. The minimum absolute atomic E-state index is 0.354. The van der Waals surface area contributed by atoms with Gasteiger partial charge in [0.2, 0.25) is 5.91 Å².